The van der Waals surface area contributed by atoms with Crippen LogP contribution in [0, 0.1) is 0 Å². The van der Waals surface area contributed by atoms with Gasteiger partial charge in [0.1, 0.15) is 5.54 Å². The highest BCUT2D eigenvalue weighted by Crippen LogP contribution is 2.30. The first-order valence-electron chi connectivity index (χ1n) is 8.79. The van der Waals surface area contributed by atoms with E-state index in [2.05, 4.69) is 33.4 Å². The Morgan fingerprint density at radius 2 is 2.12 bits per heavy atom. The summed E-state index contributed by atoms with van der Waals surface area (Å²) in [5, 5.41) is 2.93. The molecule has 0 saturated carbocycles. The van der Waals surface area contributed by atoms with Crippen LogP contribution in [-0.4, -0.2) is 65.6 Å². The van der Waals surface area contributed by atoms with Crippen molar-refractivity contribution in [1.29, 1.82) is 0 Å². The molecule has 1 spiro atoms. The van der Waals surface area contributed by atoms with E-state index < -0.39 is 5.54 Å². The highest BCUT2D eigenvalue weighted by Gasteiger charge is 2.51. The van der Waals surface area contributed by atoms with Crippen LogP contribution in [0.1, 0.15) is 18.4 Å². The van der Waals surface area contributed by atoms with Gasteiger partial charge in [-0.1, -0.05) is 6.07 Å². The lowest BCUT2D eigenvalue weighted by molar-refractivity contribution is -0.133. The third-order valence-electron chi connectivity index (χ3n) is 5.28. The van der Waals surface area contributed by atoms with Crippen molar-refractivity contribution in [2.75, 3.05) is 33.4 Å². The summed E-state index contributed by atoms with van der Waals surface area (Å²) in [6.07, 6.45) is 1.28. The van der Waals surface area contributed by atoms with Crippen molar-refractivity contribution in [3.8, 4) is 0 Å². The van der Waals surface area contributed by atoms with Crippen molar-refractivity contribution in [1.82, 2.24) is 20.1 Å². The van der Waals surface area contributed by atoms with Gasteiger partial charge in [0, 0.05) is 26.7 Å². The number of imide groups is 1. The fourth-order valence-corrected chi connectivity index (χ4v) is 4.41. The number of nitrogens with one attached hydrogen (secondary N) is 1. The number of amides is 3. The van der Waals surface area contributed by atoms with Crippen LogP contribution in [-0.2, 0) is 16.1 Å². The van der Waals surface area contributed by atoms with E-state index in [1.54, 1.807) is 18.4 Å². The molecule has 1 aromatic carbocycles. The van der Waals surface area contributed by atoms with Crippen molar-refractivity contribution in [2.45, 2.75) is 24.9 Å². The molecule has 2 aliphatic heterocycles. The molecular weight excluding hydrogens is 352 g/mol. The van der Waals surface area contributed by atoms with Crippen LogP contribution in [0.5, 0.6) is 0 Å². The number of hydrogen-bond donors (Lipinski definition) is 1. The molecule has 2 fully saturated rings. The minimum Gasteiger partial charge on any atom is -0.383 e. The van der Waals surface area contributed by atoms with Crippen LogP contribution >= 0.6 is 11.3 Å². The van der Waals surface area contributed by atoms with Gasteiger partial charge in [-0.25, -0.2) is 9.78 Å². The van der Waals surface area contributed by atoms with Gasteiger partial charge in [-0.3, -0.25) is 14.6 Å². The average molecular weight is 374 g/mol. The fourth-order valence-electron chi connectivity index (χ4n) is 3.75. The van der Waals surface area contributed by atoms with Gasteiger partial charge in [0.05, 0.1) is 28.9 Å². The molecule has 7 nitrogen and oxygen atoms in total. The minimum atomic E-state index is -0.736. The van der Waals surface area contributed by atoms with Gasteiger partial charge < -0.3 is 10.1 Å². The Hall–Kier alpha value is -2.03. The molecule has 0 aliphatic carbocycles. The normalized spacial score (nSPS) is 20.3. The highest BCUT2D eigenvalue weighted by molar-refractivity contribution is 7.16. The number of nitrogens with zero attached hydrogens (tertiary/aromatic N) is 3. The molecule has 2 aromatic rings. The van der Waals surface area contributed by atoms with Gasteiger partial charge in [0.25, 0.3) is 5.91 Å². The first-order chi connectivity index (χ1) is 12.6. The average Bonchev–Trinajstić information content (AvgIpc) is 3.19. The number of ether oxygens (including phenoxy) is 1. The zero-order valence-electron chi connectivity index (χ0n) is 14.7. The Labute approximate surface area is 155 Å². The molecule has 1 aromatic heterocycles. The number of carbonyl (C=O) groups excluding carboxylic acids is 2. The van der Waals surface area contributed by atoms with Crippen molar-refractivity contribution in [3.05, 3.63) is 29.3 Å². The lowest BCUT2D eigenvalue weighted by Gasteiger charge is -2.37. The van der Waals surface area contributed by atoms with Crippen molar-refractivity contribution in [3.63, 3.8) is 0 Å². The number of hydrogen-bond acceptors (Lipinski definition) is 6. The van der Waals surface area contributed by atoms with E-state index in [1.807, 2.05) is 5.51 Å². The van der Waals surface area contributed by atoms with E-state index in [0.717, 1.165) is 25.2 Å². The number of likely N-dealkylation sites (tertiary alicyclic amines) is 1. The van der Waals surface area contributed by atoms with Crippen LogP contribution in [0.15, 0.2) is 23.7 Å². The van der Waals surface area contributed by atoms with Crippen LogP contribution in [0.2, 0.25) is 0 Å². The molecule has 138 valence electrons. The molecule has 0 unspecified atom stereocenters. The number of piperidine rings is 1. The number of rotatable bonds is 5. The maximum absolute atomic E-state index is 12.7. The van der Waals surface area contributed by atoms with Crippen molar-refractivity contribution >= 4 is 33.5 Å². The number of urea groups is 1. The monoisotopic (exact) mass is 374 g/mol. The van der Waals surface area contributed by atoms with Gasteiger partial charge in [-0.05, 0) is 30.5 Å². The number of fused-ring (bicyclic) bond motifs is 1. The van der Waals surface area contributed by atoms with E-state index in [-0.39, 0.29) is 11.9 Å². The predicted octanol–water partition coefficient (Wildman–Crippen LogP) is 1.83. The molecule has 1 N–H and O–H groups in total. The van der Waals surface area contributed by atoms with E-state index >= 15 is 0 Å². The summed E-state index contributed by atoms with van der Waals surface area (Å²) in [5.74, 6) is -0.108. The number of aromatic nitrogens is 1. The second-order valence-corrected chi connectivity index (χ2v) is 7.78. The number of benzene rings is 1. The van der Waals surface area contributed by atoms with Crippen LogP contribution in [0.25, 0.3) is 10.2 Å². The Balaban J connectivity index is 1.39. The summed E-state index contributed by atoms with van der Waals surface area (Å²) in [6, 6.07) is 6.09. The molecule has 26 heavy (non-hydrogen) atoms. The zero-order valence-corrected chi connectivity index (χ0v) is 15.6. The summed E-state index contributed by atoms with van der Waals surface area (Å²) >= 11 is 1.64. The molecular formula is C18H22N4O3S. The third kappa shape index (κ3) is 3.08. The molecule has 0 bridgehead atoms. The second-order valence-electron chi connectivity index (χ2n) is 6.89. The minimum absolute atomic E-state index is 0.108. The van der Waals surface area contributed by atoms with Crippen LogP contribution in [0.4, 0.5) is 4.79 Å². The highest BCUT2D eigenvalue weighted by atomic mass is 32.1. The molecule has 8 heteroatoms. The Morgan fingerprint density at radius 1 is 1.31 bits per heavy atom. The first kappa shape index (κ1) is 17.4. The van der Waals surface area contributed by atoms with Gasteiger partial charge in [0.2, 0.25) is 0 Å². The molecule has 0 atom stereocenters. The summed E-state index contributed by atoms with van der Waals surface area (Å²) in [6.45, 7) is 3.05. The van der Waals surface area contributed by atoms with Gasteiger partial charge in [-0.2, -0.15) is 0 Å². The maximum Gasteiger partial charge on any atom is 0.325 e. The van der Waals surface area contributed by atoms with E-state index in [0.29, 0.717) is 26.0 Å². The SMILES string of the molecule is COCCN1C(=O)NC2(CCN(Cc3ccc4scnc4c3)CC2)C1=O. The van der Waals surface area contributed by atoms with Gasteiger partial charge in [0.15, 0.2) is 0 Å². The van der Waals surface area contributed by atoms with E-state index in [9.17, 15) is 9.59 Å². The van der Waals surface area contributed by atoms with E-state index in [1.165, 1.54) is 15.2 Å². The van der Waals surface area contributed by atoms with Crippen LogP contribution in [0.3, 0.4) is 0 Å². The third-order valence-corrected chi connectivity index (χ3v) is 6.09. The smallest absolute Gasteiger partial charge is 0.325 e. The van der Waals surface area contributed by atoms with Gasteiger partial charge >= 0.3 is 6.03 Å². The number of methoxy groups -OCH3 is 1. The lowest BCUT2D eigenvalue weighted by atomic mass is 9.87. The topological polar surface area (TPSA) is 74.8 Å². The molecule has 4 rings (SSSR count). The molecule has 2 aliphatic rings. The predicted molar refractivity (Wildman–Crippen MR) is 99.0 cm³/mol. The number of thiazole rings is 1. The maximum atomic E-state index is 12.7. The largest absolute Gasteiger partial charge is 0.383 e. The molecule has 0 radical (unpaired) electrons. The van der Waals surface area contributed by atoms with Crippen LogP contribution < -0.4 is 5.32 Å². The standard InChI is InChI=1S/C18H22N4O3S/c1-25-9-8-22-16(23)18(20-17(22)24)4-6-21(7-5-18)11-13-2-3-15-14(10-13)19-12-26-15/h2-3,10,12H,4-9,11H2,1H3,(H,20,24). The second kappa shape index (κ2) is 6.94. The summed E-state index contributed by atoms with van der Waals surface area (Å²) in [7, 11) is 1.57. The van der Waals surface area contributed by atoms with Crippen molar-refractivity contribution in [2.24, 2.45) is 0 Å². The Bertz CT molecular complexity index is 829. The summed E-state index contributed by atoms with van der Waals surface area (Å²) in [4.78, 5) is 32.9. The zero-order chi connectivity index (χ0) is 18.1. The summed E-state index contributed by atoms with van der Waals surface area (Å²) in [5.41, 5.74) is 3.39. The Kier molecular flexibility index (Phi) is 4.64. The fraction of sp³-hybridized carbons (Fsp3) is 0.500. The number of carbonyl (C=O) groups is 2. The van der Waals surface area contributed by atoms with E-state index in [4.69, 9.17) is 4.74 Å². The molecule has 3 amide bonds. The first-order valence-corrected chi connectivity index (χ1v) is 9.67. The molecule has 3 heterocycles. The quantitative estimate of drug-likeness (QED) is 0.808. The molecule has 2 saturated heterocycles. The summed E-state index contributed by atoms with van der Waals surface area (Å²) < 4.78 is 6.19. The lowest BCUT2D eigenvalue weighted by Crippen LogP contribution is -2.54. The van der Waals surface area contributed by atoms with Gasteiger partial charge in [-0.15, -0.1) is 11.3 Å². The Morgan fingerprint density at radius 3 is 2.88 bits per heavy atom. The van der Waals surface area contributed by atoms with Crippen molar-refractivity contribution < 1.29 is 14.3 Å².